The van der Waals surface area contributed by atoms with Gasteiger partial charge in [0, 0.05) is 5.56 Å². The molecule has 0 aliphatic carbocycles. The van der Waals surface area contributed by atoms with Gasteiger partial charge in [-0.05, 0) is 60.5 Å². The highest BCUT2D eigenvalue weighted by Crippen LogP contribution is 2.38. The number of hydrogen-bond acceptors (Lipinski definition) is 6. The van der Waals surface area contributed by atoms with E-state index in [2.05, 4.69) is 0 Å². The largest absolute Gasteiger partial charge is 0.497 e. The lowest BCUT2D eigenvalue weighted by molar-refractivity contribution is -0.139. The van der Waals surface area contributed by atoms with Crippen molar-refractivity contribution in [2.45, 2.75) is 13.5 Å². The normalized spacial score (nSPS) is 10.6. The van der Waals surface area contributed by atoms with E-state index in [9.17, 15) is 4.79 Å². The summed E-state index contributed by atoms with van der Waals surface area (Å²) in [5, 5.41) is 9.63. The van der Waals surface area contributed by atoms with Crippen molar-refractivity contribution < 1.29 is 24.1 Å². The van der Waals surface area contributed by atoms with Gasteiger partial charge in [0.2, 0.25) is 0 Å². The molecule has 3 aromatic carbocycles. The van der Waals surface area contributed by atoms with Crippen LogP contribution in [-0.4, -0.2) is 29.8 Å². The fourth-order valence-corrected chi connectivity index (χ4v) is 4.32. The van der Waals surface area contributed by atoms with Gasteiger partial charge in [-0.3, -0.25) is 0 Å². The Morgan fingerprint density at radius 3 is 2.33 bits per heavy atom. The van der Waals surface area contributed by atoms with Gasteiger partial charge in [0.25, 0.3) is 0 Å². The van der Waals surface area contributed by atoms with E-state index in [1.54, 1.807) is 30.6 Å². The molecule has 0 saturated heterocycles. The van der Waals surface area contributed by atoms with E-state index in [0.29, 0.717) is 18.1 Å². The Kier molecular flexibility index (Phi) is 6.90. The molecule has 4 rings (SSSR count). The molecule has 1 aromatic heterocycles. The summed E-state index contributed by atoms with van der Waals surface area (Å²) >= 11 is 1.59. The maximum Gasteiger partial charge on any atom is 0.341 e. The minimum absolute atomic E-state index is 0.315. The lowest BCUT2D eigenvalue weighted by Gasteiger charge is -2.09. The Labute approximate surface area is 196 Å². The molecule has 0 aliphatic heterocycles. The Morgan fingerprint density at radius 1 is 0.939 bits per heavy atom. The summed E-state index contributed by atoms with van der Waals surface area (Å²) in [6.07, 6.45) is 0. The van der Waals surface area contributed by atoms with Crippen LogP contribution in [0.1, 0.15) is 10.6 Å². The van der Waals surface area contributed by atoms with Crippen molar-refractivity contribution in [3.05, 3.63) is 83.4 Å². The number of hydrogen-bond donors (Lipinski definition) is 1. The van der Waals surface area contributed by atoms with Gasteiger partial charge < -0.3 is 19.3 Å². The Bertz CT molecular complexity index is 1240. The Hall–Kier alpha value is -3.84. The van der Waals surface area contributed by atoms with E-state index >= 15 is 0 Å². The van der Waals surface area contributed by atoms with Gasteiger partial charge in [-0.1, -0.05) is 30.3 Å². The maximum atomic E-state index is 10.7. The summed E-state index contributed by atoms with van der Waals surface area (Å²) in [5.41, 5.74) is 3.82. The van der Waals surface area contributed by atoms with E-state index in [0.717, 1.165) is 38.0 Å². The molecular weight excluding hydrogens is 438 g/mol. The average molecular weight is 462 g/mol. The van der Waals surface area contributed by atoms with E-state index in [-0.39, 0.29) is 6.61 Å². The topological polar surface area (TPSA) is 77.9 Å². The van der Waals surface area contributed by atoms with Gasteiger partial charge >= 0.3 is 5.97 Å². The fraction of sp³-hybridized carbons (Fsp3) is 0.154. The van der Waals surface area contributed by atoms with Crippen LogP contribution in [0.15, 0.2) is 72.8 Å². The van der Waals surface area contributed by atoms with Gasteiger partial charge in [-0.25, -0.2) is 9.78 Å². The van der Waals surface area contributed by atoms with E-state index in [1.165, 1.54) is 0 Å². The first-order chi connectivity index (χ1) is 16.0. The smallest absolute Gasteiger partial charge is 0.341 e. The standard InChI is InChI=1S/C26H23NO5S/c1-17-14-21(12-13-22(17)32-16-24(28)29)31-15-23-27-25(18-6-4-3-5-7-18)26(33-23)19-8-10-20(30-2)11-9-19/h3-14H,15-16H2,1-2H3,(H,28,29). The summed E-state index contributed by atoms with van der Waals surface area (Å²) in [5.74, 6) is 0.976. The third-order valence-corrected chi connectivity index (χ3v) is 6.01. The number of aromatic nitrogens is 1. The second-order valence-corrected chi connectivity index (χ2v) is 8.36. The van der Waals surface area contributed by atoms with E-state index in [1.807, 2.05) is 67.6 Å². The molecule has 0 fully saturated rings. The van der Waals surface area contributed by atoms with Crippen molar-refractivity contribution >= 4 is 17.3 Å². The van der Waals surface area contributed by atoms with Crippen LogP contribution < -0.4 is 14.2 Å². The number of nitrogens with zero attached hydrogens (tertiary/aromatic N) is 1. The molecule has 0 atom stereocenters. The molecule has 0 saturated carbocycles. The first-order valence-corrected chi connectivity index (χ1v) is 11.1. The molecule has 6 nitrogen and oxygen atoms in total. The number of thiazole rings is 1. The summed E-state index contributed by atoms with van der Waals surface area (Å²) in [6.45, 7) is 1.79. The number of rotatable bonds is 9. The third kappa shape index (κ3) is 5.51. The van der Waals surface area contributed by atoms with Crippen LogP contribution in [0, 0.1) is 6.92 Å². The molecule has 33 heavy (non-hydrogen) atoms. The minimum atomic E-state index is -1.01. The van der Waals surface area contributed by atoms with Crippen LogP contribution in [0.2, 0.25) is 0 Å². The number of benzene rings is 3. The molecule has 1 N–H and O–H groups in total. The van der Waals surface area contributed by atoms with Crippen molar-refractivity contribution in [2.75, 3.05) is 13.7 Å². The zero-order valence-corrected chi connectivity index (χ0v) is 19.1. The number of aliphatic carboxylic acids is 1. The Balaban J connectivity index is 1.56. The molecule has 0 unspecified atom stereocenters. The lowest BCUT2D eigenvalue weighted by Crippen LogP contribution is -2.10. The Morgan fingerprint density at radius 2 is 1.67 bits per heavy atom. The van der Waals surface area contributed by atoms with Crippen LogP contribution in [0.3, 0.4) is 0 Å². The molecule has 4 aromatic rings. The van der Waals surface area contributed by atoms with E-state index < -0.39 is 5.97 Å². The molecule has 0 bridgehead atoms. The first-order valence-electron chi connectivity index (χ1n) is 10.3. The zero-order chi connectivity index (χ0) is 23.2. The number of carboxylic acids is 1. The van der Waals surface area contributed by atoms with Crippen LogP contribution in [0.25, 0.3) is 21.7 Å². The second-order valence-electron chi connectivity index (χ2n) is 7.28. The van der Waals surface area contributed by atoms with Gasteiger partial charge in [0.05, 0.1) is 17.7 Å². The predicted molar refractivity (Wildman–Crippen MR) is 128 cm³/mol. The van der Waals surface area contributed by atoms with Gasteiger partial charge in [-0.2, -0.15) is 0 Å². The van der Waals surface area contributed by atoms with Crippen molar-refractivity contribution in [2.24, 2.45) is 0 Å². The second kappa shape index (κ2) is 10.2. The van der Waals surface area contributed by atoms with Gasteiger partial charge in [0.15, 0.2) is 6.61 Å². The van der Waals surface area contributed by atoms with Crippen molar-refractivity contribution in [1.82, 2.24) is 4.98 Å². The monoisotopic (exact) mass is 461 g/mol. The molecule has 0 aliphatic rings. The van der Waals surface area contributed by atoms with Crippen LogP contribution in [0.5, 0.6) is 17.2 Å². The highest BCUT2D eigenvalue weighted by molar-refractivity contribution is 7.15. The van der Waals surface area contributed by atoms with Gasteiger partial charge in [0.1, 0.15) is 28.9 Å². The highest BCUT2D eigenvalue weighted by atomic mass is 32.1. The maximum absolute atomic E-state index is 10.7. The molecule has 1 heterocycles. The summed E-state index contributed by atoms with van der Waals surface area (Å²) in [6, 6.07) is 23.3. The lowest BCUT2D eigenvalue weighted by atomic mass is 10.1. The quantitative estimate of drug-likeness (QED) is 0.338. The fourth-order valence-electron chi connectivity index (χ4n) is 3.31. The minimum Gasteiger partial charge on any atom is -0.497 e. The zero-order valence-electron chi connectivity index (χ0n) is 18.3. The van der Waals surface area contributed by atoms with E-state index in [4.69, 9.17) is 24.3 Å². The van der Waals surface area contributed by atoms with Crippen molar-refractivity contribution in [3.8, 4) is 38.9 Å². The predicted octanol–water partition coefficient (Wildman–Crippen LogP) is 5.84. The molecule has 0 radical (unpaired) electrons. The van der Waals surface area contributed by atoms with Crippen LogP contribution >= 0.6 is 11.3 Å². The number of carboxylic acid groups (broad SMARTS) is 1. The van der Waals surface area contributed by atoms with Crippen LogP contribution in [-0.2, 0) is 11.4 Å². The summed E-state index contributed by atoms with van der Waals surface area (Å²) < 4.78 is 16.5. The van der Waals surface area contributed by atoms with Crippen molar-refractivity contribution in [3.63, 3.8) is 0 Å². The third-order valence-electron chi connectivity index (χ3n) is 4.93. The highest BCUT2D eigenvalue weighted by Gasteiger charge is 2.16. The van der Waals surface area contributed by atoms with Crippen LogP contribution in [0.4, 0.5) is 0 Å². The molecule has 0 spiro atoms. The molecule has 7 heteroatoms. The number of methoxy groups -OCH3 is 1. The number of carbonyl (C=O) groups is 1. The average Bonchev–Trinajstić information content (AvgIpc) is 3.27. The SMILES string of the molecule is COc1ccc(-c2sc(COc3ccc(OCC(=O)O)c(C)c3)nc2-c2ccccc2)cc1. The number of ether oxygens (including phenoxy) is 3. The first kappa shape index (κ1) is 22.4. The molecular formula is C26H23NO5S. The number of aryl methyl sites for hydroxylation is 1. The van der Waals surface area contributed by atoms with Gasteiger partial charge in [-0.15, -0.1) is 11.3 Å². The molecule has 168 valence electrons. The molecule has 0 amide bonds. The van der Waals surface area contributed by atoms with Crippen molar-refractivity contribution in [1.29, 1.82) is 0 Å². The summed E-state index contributed by atoms with van der Waals surface area (Å²) in [7, 11) is 1.65. The summed E-state index contributed by atoms with van der Waals surface area (Å²) in [4.78, 5) is 16.7.